The van der Waals surface area contributed by atoms with Crippen LogP contribution in [0.25, 0.3) is 0 Å². The first-order valence-electron chi connectivity index (χ1n) is 11.6. The van der Waals surface area contributed by atoms with Crippen molar-refractivity contribution in [3.63, 3.8) is 0 Å². The third-order valence-corrected chi connectivity index (χ3v) is 8.41. The van der Waals surface area contributed by atoms with Gasteiger partial charge in [0.2, 0.25) is 21.8 Å². The highest BCUT2D eigenvalue weighted by molar-refractivity contribution is 7.92. The smallest absolute Gasteiger partial charge is 0.244 e. The molecule has 2 amide bonds. The zero-order valence-electron chi connectivity index (χ0n) is 20.4. The molecule has 0 radical (unpaired) electrons. The largest absolute Gasteiger partial charge is 0.352 e. The van der Waals surface area contributed by atoms with Crippen LogP contribution in [-0.4, -0.2) is 50.0 Å². The van der Waals surface area contributed by atoms with E-state index >= 15 is 0 Å². The van der Waals surface area contributed by atoms with Crippen molar-refractivity contribution in [3.8, 4) is 0 Å². The maximum absolute atomic E-state index is 13.6. The molecule has 1 fully saturated rings. The fraction of sp³-hybridized carbons (Fsp3) is 0.440. The van der Waals surface area contributed by atoms with Gasteiger partial charge in [-0.15, -0.1) is 0 Å². The van der Waals surface area contributed by atoms with E-state index in [1.807, 2.05) is 0 Å². The van der Waals surface area contributed by atoms with Crippen LogP contribution in [0.2, 0.25) is 15.1 Å². The van der Waals surface area contributed by atoms with Gasteiger partial charge in [0.05, 0.1) is 22.0 Å². The number of carbonyl (C=O) groups is 2. The normalized spacial score (nSPS) is 14.9. The van der Waals surface area contributed by atoms with Crippen LogP contribution in [0.15, 0.2) is 36.4 Å². The summed E-state index contributed by atoms with van der Waals surface area (Å²) in [6.07, 6.45) is 4.94. The molecule has 1 saturated carbocycles. The number of carbonyl (C=O) groups excluding carboxylic acids is 2. The number of nitrogens with zero attached hydrogens (tertiary/aromatic N) is 2. The van der Waals surface area contributed by atoms with Crippen molar-refractivity contribution in [2.45, 2.75) is 58.2 Å². The predicted molar refractivity (Wildman–Crippen MR) is 145 cm³/mol. The summed E-state index contributed by atoms with van der Waals surface area (Å²) in [5.74, 6) is -0.821. The van der Waals surface area contributed by atoms with E-state index in [2.05, 4.69) is 5.32 Å². The molecule has 36 heavy (non-hydrogen) atoms. The number of anilines is 1. The molecule has 0 aliphatic heterocycles. The van der Waals surface area contributed by atoms with E-state index in [1.54, 1.807) is 50.2 Å². The van der Waals surface area contributed by atoms with E-state index in [9.17, 15) is 18.0 Å². The Balaban J connectivity index is 1.92. The van der Waals surface area contributed by atoms with Crippen LogP contribution in [-0.2, 0) is 26.2 Å². The first-order valence-corrected chi connectivity index (χ1v) is 14.6. The van der Waals surface area contributed by atoms with Crippen molar-refractivity contribution in [2.75, 3.05) is 17.1 Å². The molecule has 0 spiro atoms. The van der Waals surface area contributed by atoms with Gasteiger partial charge in [-0.3, -0.25) is 13.9 Å². The second-order valence-electron chi connectivity index (χ2n) is 9.14. The van der Waals surface area contributed by atoms with Gasteiger partial charge in [0.1, 0.15) is 12.6 Å². The molecule has 3 rings (SSSR count). The van der Waals surface area contributed by atoms with E-state index in [0.717, 1.165) is 36.2 Å². The van der Waals surface area contributed by atoms with Crippen LogP contribution < -0.4 is 9.62 Å². The van der Waals surface area contributed by atoms with Crippen LogP contribution >= 0.6 is 34.8 Å². The molecule has 0 bridgehead atoms. The lowest BCUT2D eigenvalue weighted by Gasteiger charge is -2.32. The molecule has 0 aromatic heterocycles. The molecule has 1 aliphatic carbocycles. The van der Waals surface area contributed by atoms with Gasteiger partial charge in [-0.1, -0.05) is 53.7 Å². The third-order valence-electron chi connectivity index (χ3n) is 6.31. The van der Waals surface area contributed by atoms with Gasteiger partial charge in [-0.25, -0.2) is 8.42 Å². The van der Waals surface area contributed by atoms with E-state index < -0.39 is 28.5 Å². The fourth-order valence-corrected chi connectivity index (χ4v) is 5.76. The third kappa shape index (κ3) is 7.28. The van der Waals surface area contributed by atoms with Crippen molar-refractivity contribution in [3.05, 3.63) is 62.6 Å². The molecule has 11 heteroatoms. The van der Waals surface area contributed by atoms with Crippen LogP contribution in [0.3, 0.4) is 0 Å². The van der Waals surface area contributed by atoms with E-state index in [0.29, 0.717) is 31.9 Å². The van der Waals surface area contributed by atoms with Crippen LogP contribution in [0.5, 0.6) is 0 Å². The van der Waals surface area contributed by atoms with Gasteiger partial charge in [-0.05, 0) is 68.1 Å². The number of aryl methyl sites for hydroxylation is 1. The fourth-order valence-electron chi connectivity index (χ4n) is 4.30. The quantitative estimate of drug-likeness (QED) is 0.446. The average molecular weight is 575 g/mol. The Kier molecular flexibility index (Phi) is 9.55. The average Bonchev–Trinajstić information content (AvgIpc) is 3.30. The standard InChI is InChI=1S/C25H30Cl3N3O4S/c1-16-12-19(26)9-11-23(16)31(36(3,34)35)15-24(32)30(14-18-8-10-21(27)22(28)13-18)17(2)25(33)29-20-6-4-5-7-20/h8-13,17,20H,4-7,14-15H2,1-3H3,(H,29,33)/t17-/m1/s1. The monoisotopic (exact) mass is 573 g/mol. The van der Waals surface area contributed by atoms with Gasteiger partial charge in [0, 0.05) is 17.6 Å². The number of rotatable bonds is 9. The van der Waals surface area contributed by atoms with Gasteiger partial charge in [-0.2, -0.15) is 0 Å². The molecule has 1 N–H and O–H groups in total. The lowest BCUT2D eigenvalue weighted by Crippen LogP contribution is -2.52. The van der Waals surface area contributed by atoms with Crippen molar-refractivity contribution < 1.29 is 18.0 Å². The maximum atomic E-state index is 13.6. The van der Waals surface area contributed by atoms with Crippen molar-refractivity contribution in [1.29, 1.82) is 0 Å². The number of halogens is 3. The Bertz CT molecular complexity index is 1230. The topological polar surface area (TPSA) is 86.8 Å². The molecule has 0 saturated heterocycles. The number of hydrogen-bond acceptors (Lipinski definition) is 4. The Morgan fingerprint density at radius 2 is 1.72 bits per heavy atom. The zero-order valence-corrected chi connectivity index (χ0v) is 23.5. The minimum atomic E-state index is -3.83. The molecular formula is C25H30Cl3N3O4S. The SMILES string of the molecule is Cc1cc(Cl)ccc1N(CC(=O)N(Cc1ccc(Cl)c(Cl)c1)[C@H](C)C(=O)NC1CCCC1)S(C)(=O)=O. The molecule has 1 atom stereocenters. The summed E-state index contributed by atoms with van der Waals surface area (Å²) in [7, 11) is -3.83. The summed E-state index contributed by atoms with van der Waals surface area (Å²) in [5, 5.41) is 4.16. The molecule has 0 unspecified atom stereocenters. The molecular weight excluding hydrogens is 545 g/mol. The van der Waals surface area contributed by atoms with Gasteiger partial charge >= 0.3 is 0 Å². The molecule has 2 aromatic carbocycles. The van der Waals surface area contributed by atoms with Gasteiger partial charge in [0.15, 0.2) is 0 Å². The summed E-state index contributed by atoms with van der Waals surface area (Å²) >= 11 is 18.3. The Labute approximate surface area is 227 Å². The number of amides is 2. The molecule has 1 aliphatic rings. The second-order valence-corrected chi connectivity index (χ2v) is 12.3. The van der Waals surface area contributed by atoms with E-state index in [-0.39, 0.29) is 18.5 Å². The molecule has 2 aromatic rings. The first-order chi connectivity index (χ1) is 16.9. The summed E-state index contributed by atoms with van der Waals surface area (Å²) in [5.41, 5.74) is 1.60. The second kappa shape index (κ2) is 12.0. The molecule has 196 valence electrons. The lowest BCUT2D eigenvalue weighted by molar-refractivity contribution is -0.139. The number of nitrogens with one attached hydrogen (secondary N) is 1. The lowest BCUT2D eigenvalue weighted by atomic mass is 10.1. The van der Waals surface area contributed by atoms with E-state index in [4.69, 9.17) is 34.8 Å². The number of benzene rings is 2. The van der Waals surface area contributed by atoms with Gasteiger partial charge in [0.25, 0.3) is 0 Å². The minimum Gasteiger partial charge on any atom is -0.352 e. The highest BCUT2D eigenvalue weighted by atomic mass is 35.5. The Morgan fingerprint density at radius 3 is 2.31 bits per heavy atom. The number of hydrogen-bond donors (Lipinski definition) is 1. The predicted octanol–water partition coefficient (Wildman–Crippen LogP) is 5.20. The zero-order chi connectivity index (χ0) is 26.6. The Hall–Kier alpha value is -2.00. The Morgan fingerprint density at radius 1 is 1.06 bits per heavy atom. The van der Waals surface area contributed by atoms with Crippen molar-refractivity contribution >= 4 is 62.3 Å². The van der Waals surface area contributed by atoms with E-state index in [1.165, 1.54) is 4.90 Å². The maximum Gasteiger partial charge on any atom is 0.244 e. The van der Waals surface area contributed by atoms with Crippen molar-refractivity contribution in [1.82, 2.24) is 10.2 Å². The molecule has 7 nitrogen and oxygen atoms in total. The van der Waals surface area contributed by atoms with Crippen molar-refractivity contribution in [2.24, 2.45) is 0 Å². The van der Waals surface area contributed by atoms with Crippen LogP contribution in [0, 0.1) is 6.92 Å². The highest BCUT2D eigenvalue weighted by Gasteiger charge is 2.31. The summed E-state index contributed by atoms with van der Waals surface area (Å²) < 4.78 is 26.5. The minimum absolute atomic E-state index is 0.0478. The number of sulfonamides is 1. The highest BCUT2D eigenvalue weighted by Crippen LogP contribution is 2.27. The van der Waals surface area contributed by atoms with Gasteiger partial charge < -0.3 is 10.2 Å². The van der Waals surface area contributed by atoms with Crippen LogP contribution in [0.1, 0.15) is 43.7 Å². The summed E-state index contributed by atoms with van der Waals surface area (Å²) in [4.78, 5) is 28.1. The first kappa shape index (κ1) is 28.6. The van der Waals surface area contributed by atoms with Crippen LogP contribution in [0.4, 0.5) is 5.69 Å². The molecule has 0 heterocycles. The summed E-state index contributed by atoms with van der Waals surface area (Å²) in [6.45, 7) is 2.92. The summed E-state index contributed by atoms with van der Waals surface area (Å²) in [6, 6.07) is 8.95.